The van der Waals surface area contributed by atoms with Gasteiger partial charge in [-0.3, -0.25) is 0 Å². The van der Waals surface area contributed by atoms with E-state index in [-0.39, 0.29) is 0 Å². The summed E-state index contributed by atoms with van der Waals surface area (Å²) in [5.74, 6) is 1.18. The smallest absolute Gasteiger partial charge is 0.229 e. The van der Waals surface area contributed by atoms with Crippen molar-refractivity contribution in [1.82, 2.24) is 9.97 Å². The van der Waals surface area contributed by atoms with Gasteiger partial charge in [-0.05, 0) is 79.1 Å². The topological polar surface area (TPSA) is 99.7 Å². The number of nitriles is 1. The van der Waals surface area contributed by atoms with Gasteiger partial charge < -0.3 is 16.4 Å². The molecule has 6 heteroatoms. The van der Waals surface area contributed by atoms with Crippen molar-refractivity contribution in [3.8, 4) is 6.07 Å². The molecule has 0 fully saturated rings. The van der Waals surface area contributed by atoms with Crippen LogP contribution in [0, 0.1) is 25.2 Å². The SMILES string of the molecule is Cc1cc(/C=C/C#N)cc(C)c1Nc1ccnc(Nc2ccc(N)cc2)n1. The number of nitrogens with one attached hydrogen (secondary N) is 2. The average molecular weight is 356 g/mol. The Balaban J connectivity index is 1.81. The first-order valence-electron chi connectivity index (χ1n) is 8.45. The standard InChI is InChI=1S/C21H20N6/c1-14-12-16(4-3-10-22)13-15(2)20(14)26-19-9-11-24-21(27-19)25-18-7-5-17(23)6-8-18/h3-9,11-13H,23H2,1-2H3,(H2,24,25,26,27)/b4-3+. The maximum Gasteiger partial charge on any atom is 0.229 e. The van der Waals surface area contributed by atoms with Crippen LogP contribution >= 0.6 is 0 Å². The average Bonchev–Trinajstić information content (AvgIpc) is 2.65. The fourth-order valence-electron chi connectivity index (χ4n) is 2.74. The van der Waals surface area contributed by atoms with Gasteiger partial charge in [0.05, 0.1) is 6.07 Å². The Hall–Kier alpha value is -3.85. The highest BCUT2D eigenvalue weighted by Gasteiger charge is 2.07. The second-order valence-corrected chi connectivity index (χ2v) is 6.13. The number of benzene rings is 2. The number of rotatable bonds is 5. The van der Waals surface area contributed by atoms with Crippen molar-refractivity contribution in [3.05, 3.63) is 71.4 Å². The van der Waals surface area contributed by atoms with Crippen molar-refractivity contribution < 1.29 is 0 Å². The molecule has 0 radical (unpaired) electrons. The van der Waals surface area contributed by atoms with Crippen LogP contribution in [0.15, 0.2) is 54.7 Å². The molecular weight excluding hydrogens is 336 g/mol. The third-order valence-corrected chi connectivity index (χ3v) is 3.98. The number of anilines is 5. The predicted molar refractivity (Wildman–Crippen MR) is 110 cm³/mol. The molecule has 0 bridgehead atoms. The normalized spacial score (nSPS) is 10.6. The minimum atomic E-state index is 0.494. The number of hydrogen-bond donors (Lipinski definition) is 3. The molecule has 3 aromatic rings. The zero-order chi connectivity index (χ0) is 19.2. The molecule has 0 saturated heterocycles. The van der Waals surface area contributed by atoms with E-state index in [2.05, 4.69) is 20.6 Å². The first-order valence-corrected chi connectivity index (χ1v) is 8.45. The van der Waals surface area contributed by atoms with Gasteiger partial charge in [0.15, 0.2) is 0 Å². The van der Waals surface area contributed by atoms with Crippen LogP contribution in [0.3, 0.4) is 0 Å². The monoisotopic (exact) mass is 356 g/mol. The van der Waals surface area contributed by atoms with Crippen LogP contribution < -0.4 is 16.4 Å². The van der Waals surface area contributed by atoms with Gasteiger partial charge in [0.2, 0.25) is 5.95 Å². The maximum atomic E-state index is 8.69. The fourth-order valence-corrected chi connectivity index (χ4v) is 2.74. The Bertz CT molecular complexity index is 993. The molecule has 3 rings (SSSR count). The summed E-state index contributed by atoms with van der Waals surface area (Å²) < 4.78 is 0. The Morgan fingerprint density at radius 2 is 1.74 bits per heavy atom. The minimum absolute atomic E-state index is 0.494. The molecule has 6 nitrogen and oxygen atoms in total. The first kappa shape index (κ1) is 18.0. The van der Waals surface area contributed by atoms with E-state index >= 15 is 0 Å². The summed E-state index contributed by atoms with van der Waals surface area (Å²) >= 11 is 0. The van der Waals surface area contributed by atoms with Crippen molar-refractivity contribution in [2.45, 2.75) is 13.8 Å². The van der Waals surface area contributed by atoms with Gasteiger partial charge in [-0.1, -0.05) is 0 Å². The molecule has 0 aliphatic heterocycles. The van der Waals surface area contributed by atoms with Crippen molar-refractivity contribution in [2.75, 3.05) is 16.4 Å². The van der Waals surface area contributed by atoms with Gasteiger partial charge in [0, 0.05) is 29.3 Å². The van der Waals surface area contributed by atoms with E-state index in [0.717, 1.165) is 28.1 Å². The summed E-state index contributed by atoms with van der Waals surface area (Å²) in [5, 5.41) is 15.2. The van der Waals surface area contributed by atoms with Crippen LogP contribution in [0.5, 0.6) is 0 Å². The molecule has 0 atom stereocenters. The Labute approximate surface area is 158 Å². The molecule has 0 aliphatic carbocycles. The van der Waals surface area contributed by atoms with E-state index < -0.39 is 0 Å². The van der Waals surface area contributed by atoms with Crippen LogP contribution in [0.1, 0.15) is 16.7 Å². The second kappa shape index (κ2) is 8.02. The summed E-state index contributed by atoms with van der Waals surface area (Å²) in [5.41, 5.74) is 11.4. The molecule has 4 N–H and O–H groups in total. The van der Waals surface area contributed by atoms with Crippen LogP contribution in [-0.4, -0.2) is 9.97 Å². The van der Waals surface area contributed by atoms with Gasteiger partial charge >= 0.3 is 0 Å². The van der Waals surface area contributed by atoms with E-state index in [1.54, 1.807) is 12.3 Å². The third-order valence-electron chi connectivity index (χ3n) is 3.98. The third kappa shape index (κ3) is 4.61. The highest BCUT2D eigenvalue weighted by atomic mass is 15.1. The molecule has 27 heavy (non-hydrogen) atoms. The quantitative estimate of drug-likeness (QED) is 0.453. The lowest BCUT2D eigenvalue weighted by Gasteiger charge is -2.14. The molecule has 0 saturated carbocycles. The van der Waals surface area contributed by atoms with Gasteiger partial charge in [0.25, 0.3) is 0 Å². The molecule has 0 unspecified atom stereocenters. The maximum absolute atomic E-state index is 8.69. The zero-order valence-corrected chi connectivity index (χ0v) is 15.2. The summed E-state index contributed by atoms with van der Waals surface area (Å²) in [6.07, 6.45) is 4.97. The van der Waals surface area contributed by atoms with E-state index in [9.17, 15) is 0 Å². The minimum Gasteiger partial charge on any atom is -0.399 e. The lowest BCUT2D eigenvalue weighted by Crippen LogP contribution is -2.02. The van der Waals surface area contributed by atoms with Crippen LogP contribution in [0.4, 0.5) is 28.8 Å². The molecule has 2 aromatic carbocycles. The number of hydrogen-bond acceptors (Lipinski definition) is 6. The zero-order valence-electron chi connectivity index (χ0n) is 15.2. The highest BCUT2D eigenvalue weighted by Crippen LogP contribution is 2.26. The van der Waals surface area contributed by atoms with E-state index in [4.69, 9.17) is 11.0 Å². The molecule has 0 aliphatic rings. The van der Waals surface area contributed by atoms with Gasteiger partial charge in [0.1, 0.15) is 5.82 Å². The Morgan fingerprint density at radius 1 is 1.04 bits per heavy atom. The number of aromatic nitrogens is 2. The van der Waals surface area contributed by atoms with Gasteiger partial charge in [-0.15, -0.1) is 0 Å². The molecule has 0 spiro atoms. The second-order valence-electron chi connectivity index (χ2n) is 6.13. The number of aryl methyl sites for hydroxylation is 2. The number of nitrogen functional groups attached to an aromatic ring is 1. The largest absolute Gasteiger partial charge is 0.399 e. The molecule has 0 amide bonds. The van der Waals surface area contributed by atoms with E-state index in [1.165, 1.54) is 6.08 Å². The van der Waals surface area contributed by atoms with Gasteiger partial charge in [-0.25, -0.2) is 4.98 Å². The predicted octanol–water partition coefficient (Wildman–Crippen LogP) is 4.70. The summed E-state index contributed by atoms with van der Waals surface area (Å²) in [7, 11) is 0. The van der Waals surface area contributed by atoms with Crippen LogP contribution in [0.25, 0.3) is 6.08 Å². The van der Waals surface area contributed by atoms with Crippen LogP contribution in [0.2, 0.25) is 0 Å². The Kier molecular flexibility index (Phi) is 5.33. The fraction of sp³-hybridized carbons (Fsp3) is 0.0952. The number of nitrogens with two attached hydrogens (primary N) is 1. The lowest BCUT2D eigenvalue weighted by atomic mass is 10.0. The van der Waals surface area contributed by atoms with Crippen molar-refractivity contribution in [2.24, 2.45) is 0 Å². The number of allylic oxidation sites excluding steroid dienone is 1. The Morgan fingerprint density at radius 3 is 2.41 bits per heavy atom. The summed E-state index contributed by atoms with van der Waals surface area (Å²) in [6, 6.07) is 15.3. The summed E-state index contributed by atoms with van der Waals surface area (Å²) in [4.78, 5) is 8.78. The first-order chi connectivity index (χ1) is 13.0. The molecule has 134 valence electrons. The summed E-state index contributed by atoms with van der Waals surface area (Å²) in [6.45, 7) is 4.04. The van der Waals surface area contributed by atoms with E-state index in [1.807, 2.05) is 62.4 Å². The van der Waals surface area contributed by atoms with E-state index in [0.29, 0.717) is 17.5 Å². The van der Waals surface area contributed by atoms with Crippen molar-refractivity contribution in [1.29, 1.82) is 5.26 Å². The van der Waals surface area contributed by atoms with Gasteiger partial charge in [-0.2, -0.15) is 10.2 Å². The van der Waals surface area contributed by atoms with Crippen LogP contribution in [-0.2, 0) is 0 Å². The lowest BCUT2D eigenvalue weighted by molar-refractivity contribution is 1.16. The van der Waals surface area contributed by atoms with Crippen molar-refractivity contribution in [3.63, 3.8) is 0 Å². The molecule has 1 heterocycles. The molecular formula is C21H20N6. The molecule has 1 aromatic heterocycles. The number of nitrogens with zero attached hydrogens (tertiary/aromatic N) is 3. The highest BCUT2D eigenvalue weighted by molar-refractivity contribution is 5.69. The van der Waals surface area contributed by atoms with Crippen molar-refractivity contribution >= 4 is 34.9 Å².